The van der Waals surface area contributed by atoms with Gasteiger partial charge in [0.05, 0.1) is 18.8 Å². The van der Waals surface area contributed by atoms with E-state index in [0.717, 1.165) is 37.0 Å². The van der Waals surface area contributed by atoms with Gasteiger partial charge in [-0.25, -0.2) is 4.79 Å². The molecule has 43 heavy (non-hydrogen) atoms. The molecule has 0 heterocycles. The van der Waals surface area contributed by atoms with Crippen molar-refractivity contribution in [3.63, 3.8) is 0 Å². The summed E-state index contributed by atoms with van der Waals surface area (Å²) in [5.41, 5.74) is 14.2. The van der Waals surface area contributed by atoms with Crippen LogP contribution in [-0.2, 0) is 22.1 Å². The number of alkyl halides is 5. The highest BCUT2D eigenvalue weighted by atomic mass is 19.4. The molecule has 0 aliphatic carbocycles. The summed E-state index contributed by atoms with van der Waals surface area (Å²) in [6, 6.07) is 16.1. The molecule has 3 aromatic carbocycles. The van der Waals surface area contributed by atoms with E-state index in [1.807, 2.05) is 12.1 Å². The van der Waals surface area contributed by atoms with Gasteiger partial charge in [0.25, 0.3) is 0 Å². The highest BCUT2D eigenvalue weighted by molar-refractivity contribution is 5.87. The van der Waals surface area contributed by atoms with E-state index in [9.17, 15) is 26.7 Å². The van der Waals surface area contributed by atoms with Crippen molar-refractivity contribution in [2.75, 3.05) is 24.7 Å². The van der Waals surface area contributed by atoms with Gasteiger partial charge in [-0.1, -0.05) is 18.2 Å². The molecule has 0 radical (unpaired) electrons. The van der Waals surface area contributed by atoms with E-state index < -0.39 is 30.2 Å². The third-order valence-corrected chi connectivity index (χ3v) is 6.36. The van der Waals surface area contributed by atoms with E-state index in [0.29, 0.717) is 23.4 Å². The topological polar surface area (TPSA) is 96.8 Å². The first-order valence-electron chi connectivity index (χ1n) is 13.9. The molecule has 3 aromatic rings. The van der Waals surface area contributed by atoms with E-state index in [4.69, 9.17) is 25.7 Å². The van der Waals surface area contributed by atoms with Gasteiger partial charge in [-0.15, -0.1) is 0 Å². The van der Waals surface area contributed by atoms with Crippen molar-refractivity contribution in [3.05, 3.63) is 89.5 Å². The minimum atomic E-state index is -4.21. The molecule has 0 saturated heterocycles. The van der Waals surface area contributed by atoms with Gasteiger partial charge in [0.1, 0.15) is 11.5 Å². The fourth-order valence-corrected chi connectivity index (χ4v) is 4.04. The molecule has 0 saturated carbocycles. The fourth-order valence-electron chi connectivity index (χ4n) is 4.04. The molecule has 6 nitrogen and oxygen atoms in total. The van der Waals surface area contributed by atoms with Gasteiger partial charge in [-0.2, -0.15) is 22.0 Å². The Morgan fingerprint density at radius 3 is 2.12 bits per heavy atom. The second-order valence-corrected chi connectivity index (χ2v) is 9.90. The van der Waals surface area contributed by atoms with Crippen LogP contribution < -0.4 is 20.9 Å². The number of esters is 1. The van der Waals surface area contributed by atoms with Gasteiger partial charge < -0.3 is 25.7 Å². The number of rotatable bonds is 16. The van der Waals surface area contributed by atoms with Crippen LogP contribution in [0.3, 0.4) is 0 Å². The standard InChI is InChI=1S/C32H35F5N2O4/c33-31(34,35)19-3-5-20-41-27-16-11-25(12-17-27)32(36,37)43-28-14-7-23(8-15-28)9-18-30(40)42-21-4-1-2-6-24-10-13-26(38)22-29(24)39/h7-18,22H,1-6,19-21,38-39H2/b18-9+. The van der Waals surface area contributed by atoms with Gasteiger partial charge in [-0.05, 0) is 104 Å². The molecule has 0 unspecified atom stereocenters. The van der Waals surface area contributed by atoms with E-state index in [-0.39, 0.29) is 37.6 Å². The smallest absolute Gasteiger partial charge is 0.426 e. The van der Waals surface area contributed by atoms with Crippen molar-refractivity contribution in [2.24, 2.45) is 0 Å². The Morgan fingerprint density at radius 2 is 1.44 bits per heavy atom. The molecule has 0 aliphatic heterocycles. The molecule has 0 aromatic heterocycles. The summed E-state index contributed by atoms with van der Waals surface area (Å²) in [7, 11) is 0. The fraction of sp³-hybridized carbons (Fsp3) is 0.344. The number of nitrogen functional groups attached to an aromatic ring is 2. The highest BCUT2D eigenvalue weighted by Gasteiger charge is 2.34. The van der Waals surface area contributed by atoms with Crippen molar-refractivity contribution in [2.45, 2.75) is 57.2 Å². The average Bonchev–Trinajstić information content (AvgIpc) is 2.95. The summed E-state index contributed by atoms with van der Waals surface area (Å²) < 4.78 is 81.2. The zero-order valence-corrected chi connectivity index (χ0v) is 23.5. The lowest BCUT2D eigenvalue weighted by molar-refractivity contribution is -0.185. The van der Waals surface area contributed by atoms with Crippen LogP contribution in [0, 0.1) is 0 Å². The van der Waals surface area contributed by atoms with Crippen LogP contribution in [-0.4, -0.2) is 25.4 Å². The van der Waals surface area contributed by atoms with E-state index >= 15 is 0 Å². The zero-order valence-electron chi connectivity index (χ0n) is 23.5. The summed E-state index contributed by atoms with van der Waals surface area (Å²) in [4.78, 5) is 12.0. The van der Waals surface area contributed by atoms with E-state index in [1.165, 1.54) is 48.6 Å². The molecule has 232 valence electrons. The summed E-state index contributed by atoms with van der Waals surface area (Å²) in [5.74, 6) is -0.333. The van der Waals surface area contributed by atoms with Crippen molar-refractivity contribution < 1.29 is 41.0 Å². The minimum Gasteiger partial charge on any atom is -0.494 e. The van der Waals surface area contributed by atoms with E-state index in [2.05, 4.69) is 0 Å². The molecule has 4 N–H and O–H groups in total. The van der Waals surface area contributed by atoms with Crippen LogP contribution in [0.2, 0.25) is 0 Å². The summed E-state index contributed by atoms with van der Waals surface area (Å²) in [6.45, 7) is 0.320. The number of hydrogen-bond donors (Lipinski definition) is 2. The summed E-state index contributed by atoms with van der Waals surface area (Å²) >= 11 is 0. The van der Waals surface area contributed by atoms with Crippen molar-refractivity contribution in [1.29, 1.82) is 0 Å². The minimum absolute atomic E-state index is 0.0447. The normalized spacial score (nSPS) is 11.9. The lowest BCUT2D eigenvalue weighted by Gasteiger charge is -2.18. The lowest BCUT2D eigenvalue weighted by atomic mass is 10.0. The predicted molar refractivity (Wildman–Crippen MR) is 156 cm³/mol. The van der Waals surface area contributed by atoms with Crippen molar-refractivity contribution in [1.82, 2.24) is 0 Å². The largest absolute Gasteiger partial charge is 0.494 e. The Morgan fingerprint density at radius 1 is 0.767 bits per heavy atom. The number of ether oxygens (including phenoxy) is 3. The molecule has 0 atom stereocenters. The molecule has 0 bridgehead atoms. The Hall–Kier alpha value is -4.28. The van der Waals surface area contributed by atoms with Gasteiger partial charge in [0.2, 0.25) is 0 Å². The molecule has 0 aliphatic rings. The second kappa shape index (κ2) is 15.8. The average molecular weight is 607 g/mol. The SMILES string of the molecule is Nc1ccc(CCCCCOC(=O)/C=C/c2ccc(OC(F)(F)c3ccc(OCCCCC(F)(F)F)cc3)cc2)c(N)c1. The van der Waals surface area contributed by atoms with Crippen molar-refractivity contribution in [3.8, 4) is 11.5 Å². The first kappa shape index (κ1) is 33.2. The Labute approximate surface area is 247 Å². The molecular weight excluding hydrogens is 571 g/mol. The third-order valence-electron chi connectivity index (χ3n) is 6.36. The lowest BCUT2D eigenvalue weighted by Crippen LogP contribution is -2.21. The molecular formula is C32H35F5N2O4. The molecule has 3 rings (SSSR count). The maximum Gasteiger partial charge on any atom is 0.426 e. The van der Waals surface area contributed by atoms with Crippen LogP contribution in [0.15, 0.2) is 72.8 Å². The number of carbonyl (C=O) groups is 1. The van der Waals surface area contributed by atoms with Crippen LogP contribution >= 0.6 is 0 Å². The van der Waals surface area contributed by atoms with Crippen LogP contribution in [0.4, 0.5) is 33.3 Å². The predicted octanol–water partition coefficient (Wildman–Crippen LogP) is 8.06. The first-order valence-corrected chi connectivity index (χ1v) is 13.9. The number of halogens is 5. The van der Waals surface area contributed by atoms with Gasteiger partial charge in [-0.3, -0.25) is 0 Å². The maximum atomic E-state index is 14.7. The van der Waals surface area contributed by atoms with Gasteiger partial charge in [0, 0.05) is 23.9 Å². The second-order valence-electron chi connectivity index (χ2n) is 9.90. The maximum absolute atomic E-state index is 14.7. The quantitative estimate of drug-likeness (QED) is 0.0563. The number of nitrogens with two attached hydrogens (primary N) is 2. The third kappa shape index (κ3) is 12.2. The number of hydrogen-bond acceptors (Lipinski definition) is 6. The molecule has 11 heteroatoms. The monoisotopic (exact) mass is 606 g/mol. The van der Waals surface area contributed by atoms with Crippen molar-refractivity contribution >= 4 is 23.4 Å². The molecule has 0 spiro atoms. The number of aryl methyl sites for hydroxylation is 1. The number of unbranched alkanes of at least 4 members (excludes halogenated alkanes) is 3. The van der Waals surface area contributed by atoms with Crippen LogP contribution in [0.1, 0.15) is 55.2 Å². The van der Waals surface area contributed by atoms with Gasteiger partial charge in [0.15, 0.2) is 0 Å². The van der Waals surface area contributed by atoms with Gasteiger partial charge >= 0.3 is 18.3 Å². The van der Waals surface area contributed by atoms with E-state index in [1.54, 1.807) is 6.07 Å². The summed E-state index contributed by atoms with van der Waals surface area (Å²) in [5, 5.41) is 0. The van der Waals surface area contributed by atoms with Crippen LogP contribution in [0.25, 0.3) is 6.08 Å². The Kier molecular flexibility index (Phi) is 12.2. The Bertz CT molecular complexity index is 1330. The number of anilines is 2. The Balaban J connectivity index is 1.36. The highest BCUT2D eigenvalue weighted by Crippen LogP contribution is 2.33. The van der Waals surface area contributed by atoms with Crippen LogP contribution in [0.5, 0.6) is 11.5 Å². The first-order chi connectivity index (χ1) is 20.4. The summed E-state index contributed by atoms with van der Waals surface area (Å²) in [6.07, 6.45) is -2.59. The molecule has 0 amide bonds. The number of carbonyl (C=O) groups excluding carboxylic acids is 1. The number of benzene rings is 3. The molecule has 0 fully saturated rings. The zero-order chi connectivity index (χ0) is 31.3.